The second-order valence-electron chi connectivity index (χ2n) is 7.53. The number of carbonyl (C=O) groups excluding carboxylic acids is 2. The number of rotatable bonds is 4. The maximum absolute atomic E-state index is 13.3. The van der Waals surface area contributed by atoms with Crippen molar-refractivity contribution in [3.63, 3.8) is 0 Å². The van der Waals surface area contributed by atoms with E-state index in [9.17, 15) is 19.8 Å². The molecule has 2 bridgehead atoms. The van der Waals surface area contributed by atoms with Gasteiger partial charge in [-0.25, -0.2) is 0 Å². The normalized spacial score (nSPS) is 35.4. The minimum atomic E-state index is -1.72. The van der Waals surface area contributed by atoms with Crippen LogP contribution in [-0.2, 0) is 9.59 Å². The summed E-state index contributed by atoms with van der Waals surface area (Å²) in [5.74, 6) is -2.31. The van der Waals surface area contributed by atoms with E-state index in [0.717, 1.165) is 5.56 Å². The first kappa shape index (κ1) is 19.3. The highest BCUT2D eigenvalue weighted by Gasteiger charge is 2.68. The molecule has 4 atom stereocenters. The third-order valence-corrected chi connectivity index (χ3v) is 5.93. The predicted octanol–water partition coefficient (Wildman–Crippen LogP) is 2.62. The van der Waals surface area contributed by atoms with Crippen LogP contribution in [0.3, 0.4) is 0 Å². The average Bonchev–Trinajstić information content (AvgIpc) is 2.65. The molecule has 3 N–H and O–H groups in total. The molecular formula is C22H24O5. The first-order chi connectivity index (χ1) is 12.8. The quantitative estimate of drug-likeness (QED) is 0.329. The lowest BCUT2D eigenvalue weighted by Crippen LogP contribution is -2.66. The van der Waals surface area contributed by atoms with Crippen LogP contribution in [0.15, 0.2) is 66.0 Å². The zero-order valence-corrected chi connectivity index (χ0v) is 15.4. The van der Waals surface area contributed by atoms with Crippen LogP contribution in [0.2, 0.25) is 0 Å². The number of carbonyl (C=O) groups is 2. The van der Waals surface area contributed by atoms with Crippen molar-refractivity contribution in [3.05, 3.63) is 71.5 Å². The molecule has 1 aromatic rings. The Balaban J connectivity index is 2.11. The van der Waals surface area contributed by atoms with Crippen molar-refractivity contribution >= 4 is 11.6 Å². The number of aliphatic hydroxyl groups excluding tert-OH is 2. The van der Waals surface area contributed by atoms with Crippen molar-refractivity contribution in [1.29, 1.82) is 0 Å². The van der Waals surface area contributed by atoms with E-state index in [2.05, 4.69) is 0 Å². The van der Waals surface area contributed by atoms with Gasteiger partial charge in [-0.05, 0) is 31.9 Å². The first-order valence-electron chi connectivity index (χ1n) is 9.00. The number of fused-ring (bicyclic) bond motifs is 3. The smallest absolute Gasteiger partial charge is 0.178 e. The van der Waals surface area contributed by atoms with Gasteiger partial charge in [0.1, 0.15) is 11.4 Å². The van der Waals surface area contributed by atoms with Crippen molar-refractivity contribution in [1.82, 2.24) is 0 Å². The molecule has 4 unspecified atom stereocenters. The number of benzene rings is 1. The third-order valence-electron chi connectivity index (χ3n) is 5.93. The molecule has 1 aromatic carbocycles. The minimum absolute atomic E-state index is 0.0999. The van der Waals surface area contributed by atoms with E-state index in [1.165, 1.54) is 25.2 Å². The van der Waals surface area contributed by atoms with E-state index in [-0.39, 0.29) is 23.9 Å². The zero-order chi connectivity index (χ0) is 19.8. The number of hydrogen-bond donors (Lipinski definition) is 3. The highest BCUT2D eigenvalue weighted by Crippen LogP contribution is 2.59. The van der Waals surface area contributed by atoms with Gasteiger partial charge in [0, 0.05) is 17.4 Å². The van der Waals surface area contributed by atoms with Gasteiger partial charge in [0.05, 0.1) is 12.0 Å². The average molecular weight is 368 g/mol. The molecule has 3 fully saturated rings. The molecule has 0 radical (unpaired) electrons. The van der Waals surface area contributed by atoms with Gasteiger partial charge in [0.25, 0.3) is 0 Å². The fraction of sp³-hybridized carbons (Fsp3) is 0.364. The van der Waals surface area contributed by atoms with Gasteiger partial charge in [-0.2, -0.15) is 0 Å². The highest BCUT2D eigenvalue weighted by molar-refractivity contribution is 6.21. The minimum Gasteiger partial charge on any atom is -0.508 e. The lowest BCUT2D eigenvalue weighted by atomic mass is 9.46. The summed E-state index contributed by atoms with van der Waals surface area (Å²) in [7, 11) is 0. The molecule has 0 saturated heterocycles. The zero-order valence-electron chi connectivity index (χ0n) is 15.4. The Hall–Kier alpha value is -2.50. The number of Topliss-reactive ketones (excluding diaryl/α,β-unsaturated/α-hetero) is 2. The van der Waals surface area contributed by atoms with Crippen molar-refractivity contribution < 1.29 is 24.9 Å². The summed E-state index contributed by atoms with van der Waals surface area (Å²) < 4.78 is 0. The van der Waals surface area contributed by atoms with Crippen molar-refractivity contribution in [2.24, 2.45) is 11.3 Å². The molecule has 0 amide bonds. The summed E-state index contributed by atoms with van der Waals surface area (Å²) in [5.41, 5.74) is -2.17. The standard InChI is InChI=1S/C22H24O5/c1-21-15(14-9-5-3-6-10-14)13-16(22(2,27)20(21)26)18(19(21)25)17(24)11-7-4-8-12-23/h3-11,15-16,23-24,27H,12-13H2,1-2H3. The Morgan fingerprint density at radius 3 is 2.44 bits per heavy atom. The molecule has 0 aliphatic heterocycles. The van der Waals surface area contributed by atoms with Crippen molar-refractivity contribution in [3.8, 4) is 0 Å². The lowest BCUT2D eigenvalue weighted by Gasteiger charge is -2.55. The Bertz CT molecular complexity index is 847. The number of ketones is 2. The highest BCUT2D eigenvalue weighted by atomic mass is 16.3. The van der Waals surface area contributed by atoms with Crippen LogP contribution in [0.25, 0.3) is 0 Å². The van der Waals surface area contributed by atoms with E-state index < -0.39 is 28.5 Å². The summed E-state index contributed by atoms with van der Waals surface area (Å²) in [4.78, 5) is 26.3. The van der Waals surface area contributed by atoms with Crippen LogP contribution in [0.1, 0.15) is 31.7 Å². The van der Waals surface area contributed by atoms with Gasteiger partial charge in [-0.1, -0.05) is 48.6 Å². The maximum atomic E-state index is 13.3. The van der Waals surface area contributed by atoms with Crippen molar-refractivity contribution in [2.45, 2.75) is 31.8 Å². The molecule has 142 valence electrons. The fourth-order valence-electron chi connectivity index (χ4n) is 4.47. The first-order valence-corrected chi connectivity index (χ1v) is 9.00. The molecule has 5 heteroatoms. The largest absolute Gasteiger partial charge is 0.508 e. The van der Waals surface area contributed by atoms with E-state index in [1.54, 1.807) is 13.0 Å². The number of hydrogen-bond acceptors (Lipinski definition) is 5. The summed E-state index contributed by atoms with van der Waals surface area (Å²) in [6, 6.07) is 9.36. The molecule has 4 rings (SSSR count). The van der Waals surface area contributed by atoms with E-state index in [0.29, 0.717) is 6.42 Å². The number of allylic oxidation sites excluding steroid dienone is 3. The summed E-state index contributed by atoms with van der Waals surface area (Å²) >= 11 is 0. The Morgan fingerprint density at radius 2 is 1.81 bits per heavy atom. The molecular weight excluding hydrogens is 344 g/mol. The molecule has 0 aromatic heterocycles. The molecule has 3 aliphatic rings. The molecule has 5 nitrogen and oxygen atoms in total. The van der Waals surface area contributed by atoms with Crippen molar-refractivity contribution in [2.75, 3.05) is 6.61 Å². The molecule has 0 spiro atoms. The fourth-order valence-corrected chi connectivity index (χ4v) is 4.47. The second kappa shape index (κ2) is 6.91. The second-order valence-corrected chi connectivity index (χ2v) is 7.53. The Kier molecular flexibility index (Phi) is 4.93. The summed E-state index contributed by atoms with van der Waals surface area (Å²) in [6.07, 6.45) is 6.27. The van der Waals surface area contributed by atoms with Gasteiger partial charge >= 0.3 is 0 Å². The van der Waals surface area contributed by atoms with Crippen LogP contribution in [0.5, 0.6) is 0 Å². The molecule has 27 heavy (non-hydrogen) atoms. The third kappa shape index (κ3) is 2.87. The van der Waals surface area contributed by atoms with Gasteiger partial charge in [-0.3, -0.25) is 9.59 Å². The molecule has 0 heterocycles. The topological polar surface area (TPSA) is 94.8 Å². The monoisotopic (exact) mass is 368 g/mol. The molecule has 3 saturated carbocycles. The van der Waals surface area contributed by atoms with Gasteiger partial charge < -0.3 is 15.3 Å². The van der Waals surface area contributed by atoms with E-state index in [1.807, 2.05) is 30.3 Å². The molecule has 3 aliphatic carbocycles. The summed E-state index contributed by atoms with van der Waals surface area (Å²) in [5, 5.41) is 30.2. The van der Waals surface area contributed by atoms with Crippen LogP contribution in [0.4, 0.5) is 0 Å². The lowest BCUT2D eigenvalue weighted by molar-refractivity contribution is -0.170. The number of aliphatic hydroxyl groups is 3. The predicted molar refractivity (Wildman–Crippen MR) is 101 cm³/mol. The van der Waals surface area contributed by atoms with Gasteiger partial charge in [-0.15, -0.1) is 0 Å². The maximum Gasteiger partial charge on any atom is 0.178 e. The summed E-state index contributed by atoms with van der Waals surface area (Å²) in [6.45, 7) is 2.86. The van der Waals surface area contributed by atoms with Crippen LogP contribution < -0.4 is 0 Å². The van der Waals surface area contributed by atoms with E-state index >= 15 is 0 Å². The van der Waals surface area contributed by atoms with E-state index in [4.69, 9.17) is 5.11 Å². The van der Waals surface area contributed by atoms with Crippen LogP contribution in [0, 0.1) is 11.3 Å². The van der Waals surface area contributed by atoms with Crippen LogP contribution in [-0.4, -0.2) is 39.1 Å². The van der Waals surface area contributed by atoms with Gasteiger partial charge in [0.2, 0.25) is 0 Å². The SMILES string of the molecule is CC1(O)C(=O)C2(C)C(=O)C(=C(O)C=CC=CCO)C1CC2c1ccccc1. The Morgan fingerprint density at radius 1 is 1.15 bits per heavy atom. The Labute approximate surface area is 158 Å². The van der Waals surface area contributed by atoms with Crippen LogP contribution >= 0.6 is 0 Å². The van der Waals surface area contributed by atoms with Gasteiger partial charge in [0.15, 0.2) is 11.6 Å².